The van der Waals surface area contributed by atoms with Gasteiger partial charge in [0.2, 0.25) is 0 Å². The Hall–Kier alpha value is -1.57. The minimum Gasteiger partial charge on any atom is -0.361 e. The normalized spacial score (nSPS) is 19.6. The number of carbonyl (C=O) groups excluding carboxylic acids is 1. The average molecular weight is 227 g/mol. The van der Waals surface area contributed by atoms with Gasteiger partial charge in [-0.1, -0.05) is 13.8 Å². The lowest BCUT2D eigenvalue weighted by Crippen LogP contribution is -2.15. The summed E-state index contributed by atoms with van der Waals surface area (Å²) in [6.07, 6.45) is 4.63. The van der Waals surface area contributed by atoms with E-state index in [4.69, 9.17) is 0 Å². The van der Waals surface area contributed by atoms with E-state index in [9.17, 15) is 4.79 Å². The van der Waals surface area contributed by atoms with E-state index in [0.29, 0.717) is 18.1 Å². The fraction of sp³-hybridized carbons (Fsp3) is 0.400. The molecule has 1 atom stereocenters. The zero-order chi connectivity index (χ0) is 12.0. The van der Waals surface area contributed by atoms with Crippen LogP contribution in [-0.4, -0.2) is 10.8 Å². The quantitative estimate of drug-likeness (QED) is 0.789. The van der Waals surface area contributed by atoms with Gasteiger partial charge >= 0.3 is 0 Å². The first-order valence-electron chi connectivity index (χ1n) is 6.38. The highest BCUT2D eigenvalue weighted by molar-refractivity contribution is 6.04. The van der Waals surface area contributed by atoms with Gasteiger partial charge in [0.05, 0.1) is 0 Å². The van der Waals surface area contributed by atoms with Crippen molar-refractivity contribution in [1.29, 1.82) is 0 Å². The Labute approximate surface area is 101 Å². The molecule has 2 nitrogen and oxygen atoms in total. The number of aromatic amines is 1. The Morgan fingerprint density at radius 2 is 2.29 bits per heavy atom. The molecule has 0 amide bonds. The standard InChI is InChI=1S/C15H17NO/c1-3-10-8-12-13(17)5-4-9(2)14(12)15-11(10)6-7-16-15/h6-9,16H,3-5H2,1-2H3/t9-/m0/s1. The molecule has 1 aromatic heterocycles. The van der Waals surface area contributed by atoms with Crippen molar-refractivity contribution in [3.8, 4) is 0 Å². The summed E-state index contributed by atoms with van der Waals surface area (Å²) in [5.74, 6) is 0.791. The van der Waals surface area contributed by atoms with Crippen LogP contribution in [0.3, 0.4) is 0 Å². The van der Waals surface area contributed by atoms with Crippen LogP contribution in [0.4, 0.5) is 0 Å². The van der Waals surface area contributed by atoms with Crippen LogP contribution in [0.2, 0.25) is 0 Å². The molecule has 0 saturated carbocycles. The van der Waals surface area contributed by atoms with Crippen molar-refractivity contribution in [1.82, 2.24) is 4.98 Å². The van der Waals surface area contributed by atoms with Crippen LogP contribution in [-0.2, 0) is 6.42 Å². The van der Waals surface area contributed by atoms with Gasteiger partial charge in [-0.05, 0) is 42.0 Å². The SMILES string of the molecule is CCc1cc2c(c3[nH]ccc13)[C@@H](C)CCC2=O. The summed E-state index contributed by atoms with van der Waals surface area (Å²) in [6.45, 7) is 4.36. The van der Waals surface area contributed by atoms with Crippen molar-refractivity contribution in [2.24, 2.45) is 0 Å². The van der Waals surface area contributed by atoms with Crippen LogP contribution in [0.25, 0.3) is 10.9 Å². The molecule has 1 aliphatic rings. The number of carbonyl (C=O) groups is 1. The summed E-state index contributed by atoms with van der Waals surface area (Å²) in [4.78, 5) is 15.4. The van der Waals surface area contributed by atoms with Gasteiger partial charge < -0.3 is 4.98 Å². The molecule has 0 radical (unpaired) electrons. The summed E-state index contributed by atoms with van der Waals surface area (Å²) in [5, 5.41) is 1.28. The molecular weight excluding hydrogens is 210 g/mol. The summed E-state index contributed by atoms with van der Waals surface area (Å²) in [5.41, 5.74) is 4.65. The van der Waals surface area contributed by atoms with Crippen molar-refractivity contribution in [2.45, 2.75) is 39.0 Å². The first-order valence-corrected chi connectivity index (χ1v) is 6.38. The van der Waals surface area contributed by atoms with E-state index >= 15 is 0 Å². The second-order valence-corrected chi connectivity index (χ2v) is 4.98. The lowest BCUT2D eigenvalue weighted by molar-refractivity contribution is 0.0968. The summed E-state index contributed by atoms with van der Waals surface area (Å²) >= 11 is 0. The molecule has 17 heavy (non-hydrogen) atoms. The Bertz CT molecular complexity index is 594. The number of fused-ring (bicyclic) bond motifs is 3. The number of aryl methyl sites for hydroxylation is 1. The van der Waals surface area contributed by atoms with Crippen LogP contribution < -0.4 is 0 Å². The molecular formula is C15H17NO. The maximum Gasteiger partial charge on any atom is 0.163 e. The molecule has 2 heteroatoms. The third kappa shape index (κ3) is 1.43. The van der Waals surface area contributed by atoms with E-state index in [1.165, 1.54) is 22.0 Å². The Kier molecular flexibility index (Phi) is 2.32. The van der Waals surface area contributed by atoms with E-state index in [0.717, 1.165) is 18.4 Å². The van der Waals surface area contributed by atoms with Crippen LogP contribution in [0.15, 0.2) is 18.3 Å². The van der Waals surface area contributed by atoms with Gasteiger partial charge in [-0.15, -0.1) is 0 Å². The average Bonchev–Trinajstić information content (AvgIpc) is 2.81. The molecule has 1 N–H and O–H groups in total. The minimum absolute atomic E-state index is 0.310. The van der Waals surface area contributed by atoms with Crippen LogP contribution in [0, 0.1) is 0 Å². The predicted octanol–water partition coefficient (Wildman–Crippen LogP) is 3.81. The van der Waals surface area contributed by atoms with Gasteiger partial charge in [0, 0.05) is 29.1 Å². The zero-order valence-electron chi connectivity index (χ0n) is 10.3. The number of benzene rings is 1. The van der Waals surface area contributed by atoms with Crippen LogP contribution in [0.5, 0.6) is 0 Å². The lowest BCUT2D eigenvalue weighted by Gasteiger charge is -2.23. The second-order valence-electron chi connectivity index (χ2n) is 4.98. The Morgan fingerprint density at radius 3 is 3.06 bits per heavy atom. The maximum atomic E-state index is 12.1. The topological polar surface area (TPSA) is 32.9 Å². The molecule has 1 aliphatic carbocycles. The van der Waals surface area contributed by atoms with E-state index in [-0.39, 0.29) is 0 Å². The number of aromatic nitrogens is 1. The smallest absolute Gasteiger partial charge is 0.163 e. The van der Waals surface area contributed by atoms with Gasteiger partial charge in [0.25, 0.3) is 0 Å². The van der Waals surface area contributed by atoms with E-state index in [1.54, 1.807) is 0 Å². The van der Waals surface area contributed by atoms with Crippen molar-refractivity contribution in [3.05, 3.63) is 35.0 Å². The molecule has 1 aromatic carbocycles. The predicted molar refractivity (Wildman–Crippen MR) is 69.7 cm³/mol. The number of hydrogen-bond donors (Lipinski definition) is 1. The number of ketones is 1. The highest BCUT2D eigenvalue weighted by Crippen LogP contribution is 2.37. The van der Waals surface area contributed by atoms with Crippen molar-refractivity contribution in [3.63, 3.8) is 0 Å². The molecule has 0 saturated heterocycles. The molecule has 0 spiro atoms. The van der Waals surface area contributed by atoms with Gasteiger partial charge in [-0.25, -0.2) is 0 Å². The number of Topliss-reactive ketones (excluding diaryl/α,β-unsaturated/α-hetero) is 1. The van der Waals surface area contributed by atoms with Crippen molar-refractivity contribution in [2.75, 3.05) is 0 Å². The largest absolute Gasteiger partial charge is 0.361 e. The van der Waals surface area contributed by atoms with Gasteiger partial charge in [0.1, 0.15) is 0 Å². The first kappa shape index (κ1) is 10.6. The fourth-order valence-corrected chi connectivity index (χ4v) is 2.99. The van der Waals surface area contributed by atoms with Crippen LogP contribution >= 0.6 is 0 Å². The third-order valence-corrected chi connectivity index (χ3v) is 3.95. The van der Waals surface area contributed by atoms with Gasteiger partial charge in [-0.3, -0.25) is 4.79 Å². The van der Waals surface area contributed by atoms with Crippen molar-refractivity contribution < 1.29 is 4.79 Å². The molecule has 0 fully saturated rings. The third-order valence-electron chi connectivity index (χ3n) is 3.95. The summed E-state index contributed by atoms with van der Waals surface area (Å²) in [6, 6.07) is 4.24. The molecule has 1 heterocycles. The second kappa shape index (κ2) is 3.73. The van der Waals surface area contributed by atoms with Gasteiger partial charge in [-0.2, -0.15) is 0 Å². The molecule has 0 bridgehead atoms. The fourth-order valence-electron chi connectivity index (χ4n) is 2.99. The summed E-state index contributed by atoms with van der Waals surface area (Å²) < 4.78 is 0. The van der Waals surface area contributed by atoms with E-state index in [2.05, 4.69) is 31.0 Å². The maximum absolute atomic E-state index is 12.1. The highest BCUT2D eigenvalue weighted by atomic mass is 16.1. The Balaban J connectivity index is 2.40. The Morgan fingerprint density at radius 1 is 1.47 bits per heavy atom. The van der Waals surface area contributed by atoms with Gasteiger partial charge in [0.15, 0.2) is 5.78 Å². The summed E-state index contributed by atoms with van der Waals surface area (Å²) in [7, 11) is 0. The highest BCUT2D eigenvalue weighted by Gasteiger charge is 2.26. The molecule has 0 aliphatic heterocycles. The van der Waals surface area contributed by atoms with Crippen molar-refractivity contribution >= 4 is 16.7 Å². The van der Waals surface area contributed by atoms with E-state index in [1.807, 2.05) is 6.20 Å². The lowest BCUT2D eigenvalue weighted by atomic mass is 9.80. The number of nitrogens with one attached hydrogen (secondary N) is 1. The number of H-pyrrole nitrogens is 1. The molecule has 88 valence electrons. The molecule has 0 unspecified atom stereocenters. The molecule has 3 rings (SSSR count). The van der Waals surface area contributed by atoms with Crippen LogP contribution in [0.1, 0.15) is 54.1 Å². The number of hydrogen-bond acceptors (Lipinski definition) is 1. The monoisotopic (exact) mass is 227 g/mol. The minimum atomic E-state index is 0.310. The molecule has 2 aromatic rings. The zero-order valence-corrected chi connectivity index (χ0v) is 10.3. The first-order chi connectivity index (χ1) is 8.22. The van der Waals surface area contributed by atoms with E-state index < -0.39 is 0 Å². The number of rotatable bonds is 1.